The summed E-state index contributed by atoms with van der Waals surface area (Å²) >= 11 is 0. The van der Waals surface area contributed by atoms with Crippen LogP contribution in [0.5, 0.6) is 5.75 Å². The van der Waals surface area contributed by atoms with E-state index >= 15 is 0 Å². The van der Waals surface area contributed by atoms with Gasteiger partial charge in [0.1, 0.15) is 11.6 Å². The largest absolute Gasteiger partial charge is 0.491 e. The summed E-state index contributed by atoms with van der Waals surface area (Å²) in [5.74, 6) is -2.96. The van der Waals surface area contributed by atoms with E-state index in [4.69, 9.17) is 21.3 Å². The van der Waals surface area contributed by atoms with E-state index in [1.54, 1.807) is 0 Å². The van der Waals surface area contributed by atoms with Gasteiger partial charge < -0.3 is 21.3 Å². The molecule has 1 heterocycles. The number of aromatic amines is 1. The third-order valence-electron chi connectivity index (χ3n) is 3.40. The molecule has 0 aliphatic heterocycles. The molecule has 0 saturated heterocycles. The molecule has 1 aromatic heterocycles. The van der Waals surface area contributed by atoms with Crippen molar-refractivity contribution in [3.8, 4) is 5.75 Å². The third-order valence-corrected chi connectivity index (χ3v) is 3.40. The molecule has 1 atom stereocenters. The minimum Gasteiger partial charge on any atom is -0.491 e. The first-order chi connectivity index (χ1) is 10.3. The van der Waals surface area contributed by atoms with E-state index in [2.05, 4.69) is 10.2 Å². The van der Waals surface area contributed by atoms with Crippen molar-refractivity contribution < 1.29 is 23.8 Å². The average Bonchev–Trinajstić information content (AvgIpc) is 2.83. The van der Waals surface area contributed by atoms with E-state index in [1.165, 1.54) is 14.0 Å². The second-order valence-corrected chi connectivity index (χ2v) is 4.79. The quantitative estimate of drug-likeness (QED) is 0.615. The van der Waals surface area contributed by atoms with Gasteiger partial charge in [0.15, 0.2) is 11.6 Å². The zero-order chi connectivity index (χ0) is 16.6. The maximum absolute atomic E-state index is 14.2. The highest BCUT2D eigenvalue weighted by molar-refractivity contribution is 6.09. The molecular formula is C13H15FN4O4. The minimum atomic E-state index is -1.21. The second kappa shape index (κ2) is 5.60. The highest BCUT2D eigenvalue weighted by Crippen LogP contribution is 2.35. The topological polar surface area (TPSA) is 144 Å². The number of nitrogens with two attached hydrogens (primary N) is 2. The normalized spacial score (nSPS) is 12.4. The van der Waals surface area contributed by atoms with Crippen LogP contribution in [0, 0.1) is 12.7 Å². The zero-order valence-corrected chi connectivity index (χ0v) is 11.9. The summed E-state index contributed by atoms with van der Waals surface area (Å²) in [6, 6.07) is -1.21. The molecule has 118 valence electrons. The molecule has 0 aliphatic rings. The number of hydrogen-bond acceptors (Lipinski definition) is 5. The number of H-pyrrole nitrogens is 1. The molecule has 6 N–H and O–H groups in total. The van der Waals surface area contributed by atoms with Crippen molar-refractivity contribution >= 4 is 22.8 Å². The molecule has 0 fully saturated rings. The van der Waals surface area contributed by atoms with Gasteiger partial charge in [-0.25, -0.2) is 4.39 Å². The lowest BCUT2D eigenvalue weighted by Crippen LogP contribution is -2.32. The van der Waals surface area contributed by atoms with Gasteiger partial charge in [0.2, 0.25) is 5.91 Å². The number of nitrogens with zero attached hydrogens (tertiary/aromatic N) is 1. The van der Waals surface area contributed by atoms with Crippen LogP contribution >= 0.6 is 0 Å². The molecule has 8 nitrogen and oxygen atoms in total. The van der Waals surface area contributed by atoms with E-state index in [0.29, 0.717) is 0 Å². The lowest BCUT2D eigenvalue weighted by atomic mass is 9.98. The van der Waals surface area contributed by atoms with Crippen LogP contribution in [0.1, 0.15) is 21.6 Å². The highest BCUT2D eigenvalue weighted by Gasteiger charge is 2.26. The SMILES string of the molecule is COc1c(F)c(C)c(C(N)=O)c2c(CC(N)C(=O)O)[nH]nc12. The molecule has 1 aromatic carbocycles. The minimum absolute atomic E-state index is 0.00314. The van der Waals surface area contributed by atoms with Crippen LogP contribution in [0.3, 0.4) is 0 Å². The van der Waals surface area contributed by atoms with E-state index in [-0.39, 0.29) is 39.9 Å². The summed E-state index contributed by atoms with van der Waals surface area (Å²) in [4.78, 5) is 22.6. The van der Waals surface area contributed by atoms with Crippen molar-refractivity contribution in [2.24, 2.45) is 11.5 Å². The number of primary amides is 1. The number of carboxylic acids is 1. The van der Waals surface area contributed by atoms with Gasteiger partial charge in [-0.15, -0.1) is 0 Å². The van der Waals surface area contributed by atoms with Crippen LogP contribution in [0.15, 0.2) is 0 Å². The monoisotopic (exact) mass is 310 g/mol. The summed E-state index contributed by atoms with van der Waals surface area (Å²) in [7, 11) is 1.26. The molecule has 0 radical (unpaired) electrons. The lowest BCUT2D eigenvalue weighted by Gasteiger charge is -2.11. The van der Waals surface area contributed by atoms with Crippen molar-refractivity contribution in [1.29, 1.82) is 0 Å². The van der Waals surface area contributed by atoms with E-state index < -0.39 is 23.7 Å². The van der Waals surface area contributed by atoms with Crippen LogP contribution in [0.4, 0.5) is 4.39 Å². The summed E-state index contributed by atoms with van der Waals surface area (Å²) in [5.41, 5.74) is 11.1. The average molecular weight is 310 g/mol. The Bertz CT molecular complexity index is 771. The molecule has 1 amide bonds. The van der Waals surface area contributed by atoms with Gasteiger partial charge in [-0.05, 0) is 6.92 Å². The fraction of sp³-hybridized carbons (Fsp3) is 0.308. The Kier molecular flexibility index (Phi) is 4.00. The van der Waals surface area contributed by atoms with Crippen LogP contribution in [0.2, 0.25) is 0 Å². The zero-order valence-electron chi connectivity index (χ0n) is 11.9. The number of fused-ring (bicyclic) bond motifs is 1. The Morgan fingerprint density at radius 2 is 2.14 bits per heavy atom. The summed E-state index contributed by atoms with van der Waals surface area (Å²) in [6.07, 6.45) is -0.125. The fourth-order valence-corrected chi connectivity index (χ4v) is 2.33. The first-order valence-corrected chi connectivity index (χ1v) is 6.30. The highest BCUT2D eigenvalue weighted by atomic mass is 19.1. The number of hydrogen-bond donors (Lipinski definition) is 4. The van der Waals surface area contributed by atoms with E-state index in [1.807, 2.05) is 0 Å². The van der Waals surface area contributed by atoms with Gasteiger partial charge in [-0.1, -0.05) is 0 Å². The van der Waals surface area contributed by atoms with Gasteiger partial charge in [-0.2, -0.15) is 5.10 Å². The standard InChI is InChI=1S/C13H15FN4O4/c1-4-7(12(16)19)8-6(3-5(15)13(20)21)17-18-10(8)11(22-2)9(4)14/h5H,3,15H2,1-2H3,(H2,16,19)(H,17,18)(H,20,21). The van der Waals surface area contributed by atoms with E-state index in [0.717, 1.165) is 0 Å². The molecular weight excluding hydrogens is 295 g/mol. The van der Waals surface area contributed by atoms with Gasteiger partial charge in [-0.3, -0.25) is 14.7 Å². The Labute approximate surface area is 124 Å². The Balaban J connectivity index is 2.79. The number of amides is 1. The first kappa shape index (κ1) is 15.7. The summed E-state index contributed by atoms with van der Waals surface area (Å²) in [5, 5.41) is 15.6. The number of carbonyl (C=O) groups is 2. The summed E-state index contributed by atoms with van der Waals surface area (Å²) < 4.78 is 19.2. The molecule has 2 aromatic rings. The number of benzene rings is 1. The van der Waals surface area contributed by atoms with Crippen LogP contribution in [-0.4, -0.2) is 40.3 Å². The Morgan fingerprint density at radius 1 is 1.50 bits per heavy atom. The van der Waals surface area contributed by atoms with Gasteiger partial charge in [0.05, 0.1) is 12.7 Å². The van der Waals surface area contributed by atoms with Crippen LogP contribution in [0.25, 0.3) is 10.9 Å². The van der Waals surface area contributed by atoms with Gasteiger partial charge in [0.25, 0.3) is 0 Å². The number of nitrogens with one attached hydrogen (secondary N) is 1. The van der Waals surface area contributed by atoms with Crippen LogP contribution < -0.4 is 16.2 Å². The van der Waals surface area contributed by atoms with Gasteiger partial charge >= 0.3 is 5.97 Å². The lowest BCUT2D eigenvalue weighted by molar-refractivity contribution is -0.138. The predicted octanol–water partition coefficient (Wildman–Crippen LogP) is 0.0723. The van der Waals surface area contributed by atoms with Gasteiger partial charge in [0, 0.05) is 23.1 Å². The Hall–Kier alpha value is -2.68. The molecule has 0 bridgehead atoms. The molecule has 0 aliphatic carbocycles. The Morgan fingerprint density at radius 3 is 2.64 bits per heavy atom. The number of aromatic nitrogens is 2. The fourth-order valence-electron chi connectivity index (χ4n) is 2.33. The number of methoxy groups -OCH3 is 1. The van der Waals surface area contributed by atoms with Crippen LogP contribution in [-0.2, 0) is 11.2 Å². The number of aliphatic carboxylic acids is 1. The van der Waals surface area contributed by atoms with E-state index in [9.17, 15) is 14.0 Å². The smallest absolute Gasteiger partial charge is 0.320 e. The number of halogens is 1. The molecule has 22 heavy (non-hydrogen) atoms. The number of carbonyl (C=O) groups excluding carboxylic acids is 1. The molecule has 2 rings (SSSR count). The predicted molar refractivity (Wildman–Crippen MR) is 75.2 cm³/mol. The molecule has 0 saturated carbocycles. The van der Waals surface area contributed by atoms with Crippen molar-refractivity contribution in [2.75, 3.05) is 7.11 Å². The molecule has 1 unspecified atom stereocenters. The third kappa shape index (κ3) is 2.35. The number of ether oxygens (including phenoxy) is 1. The molecule has 9 heteroatoms. The second-order valence-electron chi connectivity index (χ2n) is 4.79. The van der Waals surface area contributed by atoms with Crippen molar-refractivity contribution in [3.05, 3.63) is 22.6 Å². The maximum atomic E-state index is 14.2. The maximum Gasteiger partial charge on any atom is 0.320 e. The molecule has 0 spiro atoms. The number of rotatable bonds is 5. The van der Waals surface area contributed by atoms with Crippen molar-refractivity contribution in [1.82, 2.24) is 10.2 Å². The van der Waals surface area contributed by atoms with Crippen molar-refractivity contribution in [2.45, 2.75) is 19.4 Å². The number of carboxylic acid groups (broad SMARTS) is 1. The summed E-state index contributed by atoms with van der Waals surface area (Å²) in [6.45, 7) is 1.38. The van der Waals surface area contributed by atoms with Crippen molar-refractivity contribution in [3.63, 3.8) is 0 Å². The first-order valence-electron chi connectivity index (χ1n) is 6.30.